The molecular weight excluding hydrogens is 492 g/mol. The van der Waals surface area contributed by atoms with E-state index in [0.717, 1.165) is 0 Å². The zero-order valence-electron chi connectivity index (χ0n) is 4.24. The van der Waals surface area contributed by atoms with Crippen molar-refractivity contribution < 1.29 is 0 Å². The monoisotopic (exact) mass is 492 g/mol. The van der Waals surface area contributed by atoms with E-state index >= 15 is 0 Å². The SMILES string of the molecule is S1[As]2S[As]3S[As]1S[As](S2)S3. The first-order valence-electron chi connectivity index (χ1n) is 2.19. The molecule has 0 aromatic heterocycles. The summed E-state index contributed by atoms with van der Waals surface area (Å²) >= 11 is -1.06. The standard InChI is InChI=1S/As4S6/c5-1-6-3-8-2(5)9-4(7-1)10-3. The molecule has 0 radical (unpaired) electrons. The van der Waals surface area contributed by atoms with E-state index in [0.29, 0.717) is 0 Å². The van der Waals surface area contributed by atoms with E-state index in [-0.39, 0.29) is 44.7 Å². The van der Waals surface area contributed by atoms with Crippen molar-refractivity contribution in [1.29, 1.82) is 0 Å². The Balaban J connectivity index is 1.90. The minimum absolute atomic E-state index is 0.266. The molecule has 10 heteroatoms. The van der Waals surface area contributed by atoms with E-state index in [1.54, 1.807) is 0 Å². The molecule has 0 nitrogen and oxygen atoms in total. The third-order valence-electron chi connectivity index (χ3n) is 0.800. The van der Waals surface area contributed by atoms with Gasteiger partial charge in [-0.05, 0) is 0 Å². The Bertz CT molecular complexity index is 101. The quantitative estimate of drug-likeness (QED) is 0.474. The summed E-state index contributed by atoms with van der Waals surface area (Å²) in [5.74, 6) is 0. The predicted octanol–water partition coefficient (Wildman–Crippen LogP) is 2.37. The van der Waals surface area contributed by atoms with Crippen molar-refractivity contribution in [3.05, 3.63) is 0 Å². The van der Waals surface area contributed by atoms with Gasteiger partial charge in [0, 0.05) is 0 Å². The van der Waals surface area contributed by atoms with Gasteiger partial charge in [0.1, 0.15) is 0 Å². The van der Waals surface area contributed by atoms with Gasteiger partial charge in [0.05, 0.1) is 0 Å². The fourth-order valence-corrected chi connectivity index (χ4v) is 464. The van der Waals surface area contributed by atoms with Gasteiger partial charge in [0.25, 0.3) is 0 Å². The molecule has 0 aromatic rings. The fourth-order valence-electron chi connectivity index (χ4n) is 0.505. The van der Waals surface area contributed by atoms with Crippen molar-refractivity contribution >= 4 is 94.4 Å². The molecule has 56 valence electrons. The molecule has 0 amide bonds. The molecule has 0 saturated carbocycles. The van der Waals surface area contributed by atoms with Crippen molar-refractivity contribution in [2.75, 3.05) is 0 Å². The first kappa shape index (κ1) is 9.55. The van der Waals surface area contributed by atoms with Crippen molar-refractivity contribution in [3.8, 4) is 0 Å². The first-order valence-corrected chi connectivity index (χ1v) is 34.2. The molecular formula is As4S6. The number of hydrogen-bond donors (Lipinski definition) is 0. The Hall–Kier alpha value is 4.33. The van der Waals surface area contributed by atoms with E-state index in [1.807, 2.05) is 0 Å². The second-order valence-electron chi connectivity index (χ2n) is 1.38. The Morgan fingerprint density at radius 2 is 0.600 bits per heavy atom. The number of rotatable bonds is 0. The molecule has 0 N–H and O–H groups in total. The van der Waals surface area contributed by atoms with E-state index in [9.17, 15) is 0 Å². The van der Waals surface area contributed by atoms with Crippen LogP contribution in [0.25, 0.3) is 0 Å². The van der Waals surface area contributed by atoms with Crippen LogP contribution in [0.15, 0.2) is 0 Å². The third-order valence-corrected chi connectivity index (χ3v) is 194. The van der Waals surface area contributed by atoms with E-state index in [1.165, 1.54) is 0 Å². The van der Waals surface area contributed by atoms with Crippen LogP contribution in [0.4, 0.5) is 0 Å². The summed E-state index contributed by atoms with van der Waals surface area (Å²) < 4.78 is 0. The molecule has 0 atom stereocenters. The Morgan fingerprint density at radius 1 is 0.400 bits per heavy atom. The maximum atomic E-state index is 2.51. The van der Waals surface area contributed by atoms with Gasteiger partial charge in [-0.3, -0.25) is 0 Å². The van der Waals surface area contributed by atoms with Crippen LogP contribution >= 0.6 is 49.7 Å². The zero-order valence-corrected chi connectivity index (χ0v) is 16.6. The van der Waals surface area contributed by atoms with Crippen molar-refractivity contribution in [1.82, 2.24) is 0 Å². The normalized spacial score (nSPS) is 57.6. The van der Waals surface area contributed by atoms with Crippen molar-refractivity contribution in [2.45, 2.75) is 0 Å². The Morgan fingerprint density at radius 3 is 0.800 bits per heavy atom. The van der Waals surface area contributed by atoms with Crippen LogP contribution in [0.3, 0.4) is 0 Å². The third kappa shape index (κ3) is 1.97. The molecule has 4 saturated heterocycles. The van der Waals surface area contributed by atoms with E-state index in [2.05, 4.69) is 49.7 Å². The van der Waals surface area contributed by atoms with E-state index in [4.69, 9.17) is 0 Å². The van der Waals surface area contributed by atoms with Crippen LogP contribution < -0.4 is 0 Å². The van der Waals surface area contributed by atoms with Crippen LogP contribution in [0.1, 0.15) is 0 Å². The summed E-state index contributed by atoms with van der Waals surface area (Å²) in [7, 11) is 15.1. The van der Waals surface area contributed by atoms with E-state index < -0.39 is 0 Å². The summed E-state index contributed by atoms with van der Waals surface area (Å²) in [6.07, 6.45) is 0. The van der Waals surface area contributed by atoms with Crippen LogP contribution in [0.5, 0.6) is 0 Å². The van der Waals surface area contributed by atoms with Gasteiger partial charge in [-0.25, -0.2) is 0 Å². The molecule has 4 aliphatic heterocycles. The van der Waals surface area contributed by atoms with Gasteiger partial charge in [-0.15, -0.1) is 0 Å². The molecule has 0 spiro atoms. The zero-order chi connectivity index (χ0) is 6.55. The average molecular weight is 492 g/mol. The van der Waals surface area contributed by atoms with Gasteiger partial charge in [-0.1, -0.05) is 0 Å². The molecule has 0 aliphatic carbocycles. The molecule has 10 heavy (non-hydrogen) atoms. The van der Waals surface area contributed by atoms with Crippen LogP contribution in [-0.4, -0.2) is 44.7 Å². The molecule has 4 heterocycles. The van der Waals surface area contributed by atoms with Gasteiger partial charge < -0.3 is 0 Å². The van der Waals surface area contributed by atoms with Crippen LogP contribution in [0, 0.1) is 0 Å². The van der Waals surface area contributed by atoms with Gasteiger partial charge in [-0.2, -0.15) is 0 Å². The topological polar surface area (TPSA) is 0 Å². The molecule has 4 bridgehead atoms. The molecule has 4 fully saturated rings. The Kier molecular flexibility index (Phi) is 3.88. The van der Waals surface area contributed by atoms with Crippen LogP contribution in [0.2, 0.25) is 0 Å². The van der Waals surface area contributed by atoms with Gasteiger partial charge in [0.15, 0.2) is 0 Å². The summed E-state index contributed by atoms with van der Waals surface area (Å²) in [4.78, 5) is 0. The fraction of sp³-hybridized carbons (Fsp3) is 0. The molecule has 0 unspecified atom stereocenters. The second kappa shape index (κ2) is 4.07. The van der Waals surface area contributed by atoms with Crippen LogP contribution in [-0.2, 0) is 0 Å². The second-order valence-corrected chi connectivity index (χ2v) is 81.5. The molecule has 4 rings (SSSR count). The maximum absolute atomic E-state index is 2.51. The van der Waals surface area contributed by atoms with Gasteiger partial charge in [0.2, 0.25) is 0 Å². The summed E-state index contributed by atoms with van der Waals surface area (Å²) in [6, 6.07) is 0. The Labute approximate surface area is 91.9 Å². The average Bonchev–Trinajstić information content (AvgIpc) is 1.82. The molecule has 4 aliphatic rings. The summed E-state index contributed by atoms with van der Waals surface area (Å²) in [5, 5.41) is 0. The van der Waals surface area contributed by atoms with Gasteiger partial charge >= 0.3 is 94.4 Å². The van der Waals surface area contributed by atoms with Crippen molar-refractivity contribution in [2.24, 2.45) is 0 Å². The molecule has 0 aromatic carbocycles. The first-order chi connectivity index (χ1) is 4.90. The minimum atomic E-state index is -0.266. The van der Waals surface area contributed by atoms with Crippen molar-refractivity contribution in [3.63, 3.8) is 0 Å². The predicted molar refractivity (Wildman–Crippen MR) is 68.6 cm³/mol. The number of hydrogen-bond acceptors (Lipinski definition) is 6. The summed E-state index contributed by atoms with van der Waals surface area (Å²) in [5.41, 5.74) is 0. The summed E-state index contributed by atoms with van der Waals surface area (Å²) in [6.45, 7) is 0.